The second-order valence-corrected chi connectivity index (χ2v) is 8.03. The van der Waals surface area contributed by atoms with Crippen LogP contribution < -0.4 is 0 Å². The number of rotatable bonds is 4. The summed E-state index contributed by atoms with van der Waals surface area (Å²) in [5.74, 6) is -2.42. The summed E-state index contributed by atoms with van der Waals surface area (Å²) in [5, 5.41) is 9.68. The van der Waals surface area contributed by atoms with Crippen LogP contribution in [0.1, 0.15) is 35.2 Å². The molecular weight excluding hydrogens is 410 g/mol. The summed E-state index contributed by atoms with van der Waals surface area (Å²) in [6.45, 7) is 2.56. The van der Waals surface area contributed by atoms with Crippen molar-refractivity contribution in [3.8, 4) is 17.3 Å². The van der Waals surface area contributed by atoms with Gasteiger partial charge in [-0.15, -0.1) is 0 Å². The van der Waals surface area contributed by atoms with Crippen LogP contribution in [0, 0.1) is 34.8 Å². The smallest absolute Gasteiger partial charge is 0.256 e. The van der Waals surface area contributed by atoms with Gasteiger partial charge in [0.1, 0.15) is 11.6 Å². The van der Waals surface area contributed by atoms with Crippen LogP contribution in [-0.2, 0) is 0 Å². The highest BCUT2D eigenvalue weighted by molar-refractivity contribution is 5.99. The molecule has 0 radical (unpaired) electrons. The highest BCUT2D eigenvalue weighted by atomic mass is 19.1. The predicted molar refractivity (Wildman–Crippen MR) is 115 cm³/mol. The second-order valence-electron chi connectivity index (χ2n) is 8.03. The molecule has 2 unspecified atom stereocenters. The number of amides is 1. The van der Waals surface area contributed by atoms with Gasteiger partial charge in [-0.1, -0.05) is 13.0 Å². The predicted octanol–water partition coefficient (Wildman–Crippen LogP) is 4.83. The van der Waals surface area contributed by atoms with Gasteiger partial charge in [0.2, 0.25) is 0 Å². The minimum absolute atomic E-state index is 0.182. The Bertz CT molecular complexity index is 1160. The van der Waals surface area contributed by atoms with E-state index in [1.54, 1.807) is 47.8 Å². The van der Waals surface area contributed by atoms with Crippen molar-refractivity contribution in [2.24, 2.45) is 11.8 Å². The number of nitriles is 1. The summed E-state index contributed by atoms with van der Waals surface area (Å²) < 4.78 is 27.8. The van der Waals surface area contributed by atoms with Gasteiger partial charge in [0, 0.05) is 43.3 Å². The van der Waals surface area contributed by atoms with E-state index in [2.05, 4.69) is 16.0 Å². The van der Waals surface area contributed by atoms with E-state index in [1.165, 1.54) is 12.1 Å². The highest BCUT2D eigenvalue weighted by Crippen LogP contribution is 2.37. The average molecular weight is 432 g/mol. The molecule has 1 aliphatic rings. The summed E-state index contributed by atoms with van der Waals surface area (Å²) in [4.78, 5) is 23.6. The number of pyridine rings is 2. The first-order valence-electron chi connectivity index (χ1n) is 10.5. The molecule has 0 N–H and O–H groups in total. The molecule has 0 bridgehead atoms. The van der Waals surface area contributed by atoms with Gasteiger partial charge in [0.05, 0.1) is 23.2 Å². The lowest BCUT2D eigenvalue weighted by molar-refractivity contribution is 0.0612. The number of hydrogen-bond donors (Lipinski definition) is 0. The molecule has 2 aromatic heterocycles. The first-order chi connectivity index (χ1) is 15.5. The third kappa shape index (κ3) is 4.22. The van der Waals surface area contributed by atoms with Crippen LogP contribution in [0.3, 0.4) is 0 Å². The molecule has 0 spiro atoms. The largest absolute Gasteiger partial charge is 0.338 e. The normalized spacial score (nSPS) is 19.2. The Hall–Kier alpha value is -3.66. The minimum atomic E-state index is -0.643. The molecule has 7 heteroatoms. The van der Waals surface area contributed by atoms with Gasteiger partial charge in [-0.25, -0.2) is 8.78 Å². The molecule has 0 saturated carbocycles. The van der Waals surface area contributed by atoms with Crippen LogP contribution in [0.15, 0.2) is 61.1 Å². The number of benzene rings is 1. The van der Waals surface area contributed by atoms with Crippen molar-refractivity contribution in [3.63, 3.8) is 0 Å². The van der Waals surface area contributed by atoms with E-state index in [-0.39, 0.29) is 23.7 Å². The maximum absolute atomic E-state index is 14.4. The van der Waals surface area contributed by atoms with Crippen LogP contribution in [-0.4, -0.2) is 33.9 Å². The van der Waals surface area contributed by atoms with Crippen molar-refractivity contribution >= 4 is 5.91 Å². The third-order valence-electron chi connectivity index (χ3n) is 6.20. The van der Waals surface area contributed by atoms with E-state index in [0.29, 0.717) is 36.3 Å². The SMILES string of the molecule is C[C@@H](c1ccc(F)cc1F)C1CN(C(=O)c2cccnc2-c2ccncc2)CCC1C#N. The lowest BCUT2D eigenvalue weighted by Crippen LogP contribution is -2.45. The topological polar surface area (TPSA) is 69.9 Å². The van der Waals surface area contributed by atoms with Crippen molar-refractivity contribution in [1.29, 1.82) is 5.26 Å². The molecule has 1 aliphatic heterocycles. The fourth-order valence-corrected chi connectivity index (χ4v) is 4.42. The zero-order chi connectivity index (χ0) is 22.7. The van der Waals surface area contributed by atoms with Gasteiger partial charge < -0.3 is 4.90 Å². The van der Waals surface area contributed by atoms with Gasteiger partial charge in [-0.3, -0.25) is 14.8 Å². The van der Waals surface area contributed by atoms with Crippen LogP contribution in [0.5, 0.6) is 0 Å². The van der Waals surface area contributed by atoms with Crippen LogP contribution in [0.25, 0.3) is 11.3 Å². The van der Waals surface area contributed by atoms with Crippen LogP contribution in [0.2, 0.25) is 0 Å². The number of halogens is 2. The van der Waals surface area contributed by atoms with E-state index >= 15 is 0 Å². The van der Waals surface area contributed by atoms with E-state index in [4.69, 9.17) is 0 Å². The molecule has 32 heavy (non-hydrogen) atoms. The summed E-state index contributed by atoms with van der Waals surface area (Å²) >= 11 is 0. The Balaban J connectivity index is 1.62. The molecule has 0 aliphatic carbocycles. The Morgan fingerprint density at radius 2 is 1.97 bits per heavy atom. The Kier molecular flexibility index (Phi) is 6.22. The maximum Gasteiger partial charge on any atom is 0.256 e. The second kappa shape index (κ2) is 9.23. The molecule has 3 atom stereocenters. The lowest BCUT2D eigenvalue weighted by atomic mass is 9.75. The number of carbonyl (C=O) groups is 1. The Morgan fingerprint density at radius 3 is 2.69 bits per heavy atom. The standard InChI is InChI=1S/C25H22F2N4O/c1-16(20-5-4-19(26)13-23(20)27)22-15-31(12-8-18(22)14-28)25(32)21-3-2-9-30-24(21)17-6-10-29-11-7-17/h2-7,9-11,13,16,18,22H,8,12,15H2,1H3/t16-,18?,22?/m0/s1. The number of piperidine rings is 1. The molecule has 1 aromatic carbocycles. The summed E-state index contributed by atoms with van der Waals surface area (Å²) in [5.41, 5.74) is 2.17. The molecule has 1 saturated heterocycles. The average Bonchev–Trinajstić information content (AvgIpc) is 2.83. The summed E-state index contributed by atoms with van der Waals surface area (Å²) in [6.07, 6.45) is 5.42. The van der Waals surface area contributed by atoms with E-state index in [9.17, 15) is 18.8 Å². The Labute approximate surface area is 185 Å². The van der Waals surface area contributed by atoms with Gasteiger partial charge in [-0.05, 0) is 54.2 Å². The molecular formula is C25H22F2N4O. The minimum Gasteiger partial charge on any atom is -0.338 e. The fraction of sp³-hybridized carbons (Fsp3) is 0.280. The van der Waals surface area contributed by atoms with Gasteiger partial charge in [0.25, 0.3) is 5.91 Å². The first kappa shape index (κ1) is 21.6. The fourth-order valence-electron chi connectivity index (χ4n) is 4.42. The quantitative estimate of drug-likeness (QED) is 0.592. The van der Waals surface area contributed by atoms with E-state index < -0.39 is 11.6 Å². The van der Waals surface area contributed by atoms with Crippen molar-refractivity contribution < 1.29 is 13.6 Å². The molecule has 4 rings (SSSR count). The number of hydrogen-bond acceptors (Lipinski definition) is 4. The van der Waals surface area contributed by atoms with Crippen LogP contribution >= 0.6 is 0 Å². The summed E-state index contributed by atoms with van der Waals surface area (Å²) in [6, 6.07) is 12.9. The van der Waals surface area contributed by atoms with E-state index in [0.717, 1.165) is 11.6 Å². The third-order valence-corrected chi connectivity index (χ3v) is 6.20. The van der Waals surface area contributed by atoms with Crippen molar-refractivity contribution in [1.82, 2.24) is 14.9 Å². The molecule has 5 nitrogen and oxygen atoms in total. The monoisotopic (exact) mass is 432 g/mol. The van der Waals surface area contributed by atoms with E-state index in [1.807, 2.05) is 6.92 Å². The van der Waals surface area contributed by atoms with Crippen LogP contribution in [0.4, 0.5) is 8.78 Å². The lowest BCUT2D eigenvalue weighted by Gasteiger charge is -2.39. The number of likely N-dealkylation sites (tertiary alicyclic amines) is 1. The number of nitrogens with zero attached hydrogens (tertiary/aromatic N) is 4. The maximum atomic E-state index is 14.4. The van der Waals surface area contributed by atoms with Crippen molar-refractivity contribution in [3.05, 3.63) is 83.8 Å². The van der Waals surface area contributed by atoms with Gasteiger partial charge >= 0.3 is 0 Å². The summed E-state index contributed by atoms with van der Waals surface area (Å²) in [7, 11) is 0. The Morgan fingerprint density at radius 1 is 1.19 bits per heavy atom. The van der Waals surface area contributed by atoms with Gasteiger partial charge in [-0.2, -0.15) is 5.26 Å². The highest BCUT2D eigenvalue weighted by Gasteiger charge is 2.37. The van der Waals surface area contributed by atoms with Gasteiger partial charge in [0.15, 0.2) is 0 Å². The van der Waals surface area contributed by atoms with Crippen molar-refractivity contribution in [2.45, 2.75) is 19.3 Å². The molecule has 1 fully saturated rings. The molecule has 3 heterocycles. The zero-order valence-electron chi connectivity index (χ0n) is 17.6. The molecule has 1 amide bonds. The molecule has 162 valence electrons. The zero-order valence-corrected chi connectivity index (χ0v) is 17.6. The first-order valence-corrected chi connectivity index (χ1v) is 10.5. The van der Waals surface area contributed by atoms with Crippen molar-refractivity contribution in [2.75, 3.05) is 13.1 Å². The number of carbonyl (C=O) groups excluding carboxylic acids is 1. The molecule has 3 aromatic rings. The number of aromatic nitrogens is 2.